The summed E-state index contributed by atoms with van der Waals surface area (Å²) in [5.74, 6) is 1.29. The summed E-state index contributed by atoms with van der Waals surface area (Å²) in [5.41, 5.74) is 1.21. The molecule has 0 amide bonds. The van der Waals surface area contributed by atoms with E-state index in [2.05, 4.69) is 15.5 Å². The molecule has 20 heavy (non-hydrogen) atoms. The van der Waals surface area contributed by atoms with Crippen molar-refractivity contribution in [3.63, 3.8) is 0 Å². The first kappa shape index (κ1) is 12.6. The largest absolute Gasteiger partial charge is 0.437 e. The predicted molar refractivity (Wildman–Crippen MR) is 78.8 cm³/mol. The third-order valence-electron chi connectivity index (χ3n) is 3.06. The Morgan fingerprint density at radius 1 is 1.05 bits per heavy atom. The lowest BCUT2D eigenvalue weighted by Gasteiger charge is -2.07. The van der Waals surface area contributed by atoms with Crippen molar-refractivity contribution < 1.29 is 4.74 Å². The van der Waals surface area contributed by atoms with Crippen molar-refractivity contribution >= 4 is 10.8 Å². The van der Waals surface area contributed by atoms with Gasteiger partial charge in [0.2, 0.25) is 5.88 Å². The van der Waals surface area contributed by atoms with E-state index in [0.29, 0.717) is 5.88 Å². The van der Waals surface area contributed by atoms with Gasteiger partial charge in [0, 0.05) is 17.3 Å². The average Bonchev–Trinajstić information content (AvgIpc) is 2.50. The summed E-state index contributed by atoms with van der Waals surface area (Å²) in [6.07, 6.45) is 1.73. The van der Waals surface area contributed by atoms with Crippen molar-refractivity contribution in [2.45, 2.75) is 6.54 Å². The monoisotopic (exact) mass is 265 g/mol. The molecule has 0 fully saturated rings. The van der Waals surface area contributed by atoms with E-state index in [1.807, 2.05) is 55.6 Å². The first-order chi connectivity index (χ1) is 9.86. The van der Waals surface area contributed by atoms with Gasteiger partial charge < -0.3 is 10.1 Å². The Labute approximate surface area is 117 Å². The molecular formula is C16H15N3O. The first-order valence-corrected chi connectivity index (χ1v) is 6.48. The molecule has 0 bridgehead atoms. The van der Waals surface area contributed by atoms with Crippen LogP contribution in [0.15, 0.2) is 54.7 Å². The number of fused-ring (bicyclic) bond motifs is 1. The lowest BCUT2D eigenvalue weighted by molar-refractivity contribution is 0.461. The van der Waals surface area contributed by atoms with Gasteiger partial charge in [0.15, 0.2) is 0 Å². The number of nitrogens with zero attached hydrogens (tertiary/aromatic N) is 2. The molecule has 4 heteroatoms. The number of hydrogen-bond acceptors (Lipinski definition) is 4. The molecule has 3 rings (SSSR count). The van der Waals surface area contributed by atoms with Crippen LogP contribution in [0.4, 0.5) is 0 Å². The van der Waals surface area contributed by atoms with Crippen molar-refractivity contribution in [3.8, 4) is 11.6 Å². The number of nitrogens with one attached hydrogen (secondary N) is 1. The number of aromatic nitrogens is 2. The molecule has 100 valence electrons. The van der Waals surface area contributed by atoms with Crippen molar-refractivity contribution in [2.24, 2.45) is 0 Å². The maximum Gasteiger partial charge on any atom is 0.246 e. The van der Waals surface area contributed by atoms with Gasteiger partial charge in [0.05, 0.1) is 6.20 Å². The maximum absolute atomic E-state index is 5.83. The summed E-state index contributed by atoms with van der Waals surface area (Å²) < 4.78 is 5.83. The van der Waals surface area contributed by atoms with E-state index in [1.165, 1.54) is 5.56 Å². The molecule has 3 aromatic rings. The van der Waals surface area contributed by atoms with Crippen LogP contribution in [0.2, 0.25) is 0 Å². The molecule has 4 nitrogen and oxygen atoms in total. The number of rotatable bonds is 4. The van der Waals surface area contributed by atoms with Gasteiger partial charge in [-0.2, -0.15) is 5.10 Å². The van der Waals surface area contributed by atoms with Crippen molar-refractivity contribution in [2.75, 3.05) is 7.05 Å². The Bertz CT molecular complexity index is 705. The van der Waals surface area contributed by atoms with Crippen LogP contribution in [0.5, 0.6) is 11.6 Å². The topological polar surface area (TPSA) is 47.0 Å². The van der Waals surface area contributed by atoms with Crippen LogP contribution < -0.4 is 10.1 Å². The maximum atomic E-state index is 5.83. The first-order valence-electron chi connectivity index (χ1n) is 6.48. The van der Waals surface area contributed by atoms with Crippen LogP contribution in [0.3, 0.4) is 0 Å². The van der Waals surface area contributed by atoms with Gasteiger partial charge in [-0.05, 0) is 30.8 Å². The molecule has 0 saturated carbocycles. The van der Waals surface area contributed by atoms with E-state index >= 15 is 0 Å². The highest BCUT2D eigenvalue weighted by Crippen LogP contribution is 2.26. The molecule has 1 aromatic heterocycles. The smallest absolute Gasteiger partial charge is 0.246 e. The summed E-state index contributed by atoms with van der Waals surface area (Å²) in [6.45, 7) is 0.842. The summed E-state index contributed by atoms with van der Waals surface area (Å²) >= 11 is 0. The zero-order valence-electron chi connectivity index (χ0n) is 11.2. The van der Waals surface area contributed by atoms with Crippen LogP contribution in [-0.4, -0.2) is 17.2 Å². The summed E-state index contributed by atoms with van der Waals surface area (Å²) in [4.78, 5) is 0. The number of hydrogen-bond donors (Lipinski definition) is 1. The molecule has 0 aliphatic heterocycles. The fraction of sp³-hybridized carbons (Fsp3) is 0.125. The summed E-state index contributed by atoms with van der Waals surface area (Å²) in [5, 5.41) is 13.1. The summed E-state index contributed by atoms with van der Waals surface area (Å²) in [7, 11) is 1.93. The third kappa shape index (κ3) is 2.60. The molecule has 0 saturated heterocycles. The minimum atomic E-state index is 0.532. The molecule has 1 heterocycles. The molecule has 1 N–H and O–H groups in total. The van der Waals surface area contributed by atoms with Gasteiger partial charge in [-0.1, -0.05) is 30.3 Å². The second-order valence-corrected chi connectivity index (χ2v) is 4.51. The molecule has 2 aromatic carbocycles. The average molecular weight is 265 g/mol. The van der Waals surface area contributed by atoms with Crippen molar-refractivity contribution in [1.29, 1.82) is 0 Å². The predicted octanol–water partition coefficient (Wildman–Crippen LogP) is 3.14. The zero-order chi connectivity index (χ0) is 13.8. The second-order valence-electron chi connectivity index (χ2n) is 4.51. The molecule has 0 unspecified atom stereocenters. The van der Waals surface area contributed by atoms with E-state index < -0.39 is 0 Å². The van der Waals surface area contributed by atoms with Gasteiger partial charge in [0.25, 0.3) is 0 Å². The van der Waals surface area contributed by atoms with Crippen LogP contribution in [-0.2, 0) is 6.54 Å². The van der Waals surface area contributed by atoms with Crippen LogP contribution in [0.25, 0.3) is 10.8 Å². The van der Waals surface area contributed by atoms with Crippen molar-refractivity contribution in [3.05, 3.63) is 60.3 Å². The van der Waals surface area contributed by atoms with Crippen LogP contribution in [0.1, 0.15) is 5.56 Å². The van der Waals surface area contributed by atoms with Gasteiger partial charge in [-0.25, -0.2) is 0 Å². The highest BCUT2D eigenvalue weighted by molar-refractivity contribution is 5.85. The summed E-state index contributed by atoms with van der Waals surface area (Å²) in [6, 6.07) is 15.9. The van der Waals surface area contributed by atoms with E-state index in [0.717, 1.165) is 23.1 Å². The molecule has 0 radical (unpaired) electrons. The van der Waals surface area contributed by atoms with E-state index in [9.17, 15) is 0 Å². The minimum absolute atomic E-state index is 0.532. The van der Waals surface area contributed by atoms with E-state index in [4.69, 9.17) is 4.74 Å². The normalized spacial score (nSPS) is 10.7. The Morgan fingerprint density at radius 2 is 1.85 bits per heavy atom. The van der Waals surface area contributed by atoms with Gasteiger partial charge in [-0.15, -0.1) is 5.10 Å². The molecule has 0 aliphatic carbocycles. The quantitative estimate of drug-likeness (QED) is 0.787. The van der Waals surface area contributed by atoms with Gasteiger partial charge in [-0.3, -0.25) is 0 Å². The molecule has 0 atom stereocenters. The highest BCUT2D eigenvalue weighted by atomic mass is 16.5. The van der Waals surface area contributed by atoms with Crippen molar-refractivity contribution in [1.82, 2.24) is 15.5 Å². The lowest BCUT2D eigenvalue weighted by Crippen LogP contribution is -2.04. The highest BCUT2D eigenvalue weighted by Gasteiger charge is 2.05. The van der Waals surface area contributed by atoms with E-state index in [-0.39, 0.29) is 0 Å². The Kier molecular flexibility index (Phi) is 3.56. The standard InChI is InChI=1S/C16H15N3O/c1-17-10-12-6-8-14(9-7-12)20-16-15-5-3-2-4-13(15)11-18-19-16/h2-9,11,17H,10H2,1H3. The fourth-order valence-electron chi connectivity index (χ4n) is 2.07. The SMILES string of the molecule is CNCc1ccc(Oc2nncc3ccccc23)cc1. The number of ether oxygens (including phenoxy) is 1. The van der Waals surface area contributed by atoms with Crippen LogP contribution in [0, 0.1) is 0 Å². The molecular weight excluding hydrogens is 250 g/mol. The van der Waals surface area contributed by atoms with Gasteiger partial charge >= 0.3 is 0 Å². The van der Waals surface area contributed by atoms with E-state index in [1.54, 1.807) is 6.20 Å². The van der Waals surface area contributed by atoms with Gasteiger partial charge in [0.1, 0.15) is 5.75 Å². The molecule has 0 spiro atoms. The Hall–Kier alpha value is -2.46. The second kappa shape index (κ2) is 5.67. The minimum Gasteiger partial charge on any atom is -0.437 e. The fourth-order valence-corrected chi connectivity index (χ4v) is 2.07. The Balaban J connectivity index is 1.89. The molecule has 0 aliphatic rings. The Morgan fingerprint density at radius 3 is 2.65 bits per heavy atom. The lowest BCUT2D eigenvalue weighted by atomic mass is 10.2. The zero-order valence-corrected chi connectivity index (χ0v) is 11.2. The number of benzene rings is 2. The third-order valence-corrected chi connectivity index (χ3v) is 3.06. The van der Waals surface area contributed by atoms with Crippen LogP contribution >= 0.6 is 0 Å².